The number of hydrogen-bond acceptors (Lipinski definition) is 4. The van der Waals surface area contributed by atoms with E-state index in [1.54, 1.807) is 11.3 Å². The van der Waals surface area contributed by atoms with Crippen LogP contribution in [0.4, 0.5) is 0 Å². The lowest BCUT2D eigenvalue weighted by Crippen LogP contribution is -2.05. The number of aromatic nitrogens is 1. The van der Waals surface area contributed by atoms with E-state index >= 15 is 0 Å². The number of benzene rings is 1. The molecule has 0 radical (unpaired) electrons. The summed E-state index contributed by atoms with van der Waals surface area (Å²) in [5.41, 5.74) is 2.32. The number of thiazole rings is 1. The Hall–Kier alpha value is -1.39. The molecule has 0 unspecified atom stereocenters. The first kappa shape index (κ1) is 13.1. The third-order valence-corrected chi connectivity index (χ3v) is 3.54. The van der Waals surface area contributed by atoms with Crippen LogP contribution < -0.4 is 10.1 Å². The number of nitrogens with zero attached hydrogens (tertiary/aromatic N) is 1. The fraction of sp³-hybridized carbons (Fsp3) is 0.357. The zero-order valence-electron chi connectivity index (χ0n) is 10.8. The molecule has 0 aliphatic heterocycles. The minimum Gasteiger partial charge on any atom is -0.487 e. The predicted octanol–water partition coefficient (Wildman–Crippen LogP) is 3.00. The van der Waals surface area contributed by atoms with Gasteiger partial charge in [-0.2, -0.15) is 0 Å². The molecule has 96 valence electrons. The second-order valence-corrected chi connectivity index (χ2v) is 4.99. The standard InChI is InChI=1S/C14H18N2OS/c1-3-11-4-6-13(7-5-11)17-9-12-10-18-14(16-12)8-15-2/h4-7,10,15H,3,8-9H2,1-2H3. The fourth-order valence-corrected chi connectivity index (χ4v) is 2.42. The van der Waals surface area contributed by atoms with E-state index < -0.39 is 0 Å². The van der Waals surface area contributed by atoms with Gasteiger partial charge in [0, 0.05) is 11.9 Å². The molecule has 0 aliphatic rings. The average Bonchev–Trinajstić information content (AvgIpc) is 2.85. The fourth-order valence-electron chi connectivity index (χ4n) is 1.63. The Morgan fingerprint density at radius 1 is 1.28 bits per heavy atom. The normalized spacial score (nSPS) is 10.6. The number of rotatable bonds is 6. The van der Waals surface area contributed by atoms with Crippen LogP contribution in [0.25, 0.3) is 0 Å². The Morgan fingerprint density at radius 2 is 2.06 bits per heavy atom. The SMILES string of the molecule is CCc1ccc(OCc2csc(CNC)n2)cc1. The van der Waals surface area contributed by atoms with Crippen LogP contribution in [0, 0.1) is 0 Å². The highest BCUT2D eigenvalue weighted by molar-refractivity contribution is 7.09. The third-order valence-electron chi connectivity index (χ3n) is 2.65. The van der Waals surface area contributed by atoms with Gasteiger partial charge in [0.2, 0.25) is 0 Å². The molecule has 1 aromatic heterocycles. The van der Waals surface area contributed by atoms with E-state index in [9.17, 15) is 0 Å². The monoisotopic (exact) mass is 262 g/mol. The third kappa shape index (κ3) is 3.55. The smallest absolute Gasteiger partial charge is 0.131 e. The minimum absolute atomic E-state index is 0.533. The minimum atomic E-state index is 0.533. The molecule has 0 bridgehead atoms. The lowest BCUT2D eigenvalue weighted by Gasteiger charge is -2.04. The number of aryl methyl sites for hydroxylation is 1. The summed E-state index contributed by atoms with van der Waals surface area (Å²) >= 11 is 1.66. The van der Waals surface area contributed by atoms with E-state index in [0.29, 0.717) is 6.61 Å². The van der Waals surface area contributed by atoms with Crippen LogP contribution in [-0.2, 0) is 19.6 Å². The molecule has 0 saturated carbocycles. The summed E-state index contributed by atoms with van der Waals surface area (Å²) in [7, 11) is 1.92. The van der Waals surface area contributed by atoms with Crippen molar-refractivity contribution in [3.8, 4) is 5.75 Å². The summed E-state index contributed by atoms with van der Waals surface area (Å²) in [6, 6.07) is 8.23. The van der Waals surface area contributed by atoms with Crippen LogP contribution in [0.2, 0.25) is 0 Å². The highest BCUT2D eigenvalue weighted by atomic mass is 32.1. The molecule has 0 spiro atoms. The summed E-state index contributed by atoms with van der Waals surface area (Å²) < 4.78 is 5.71. The largest absolute Gasteiger partial charge is 0.487 e. The van der Waals surface area contributed by atoms with Gasteiger partial charge < -0.3 is 10.1 Å². The lowest BCUT2D eigenvalue weighted by molar-refractivity contribution is 0.302. The molecule has 1 heterocycles. The van der Waals surface area contributed by atoms with Crippen LogP contribution in [-0.4, -0.2) is 12.0 Å². The van der Waals surface area contributed by atoms with Crippen molar-refractivity contribution >= 4 is 11.3 Å². The molecule has 3 nitrogen and oxygen atoms in total. The summed E-state index contributed by atoms with van der Waals surface area (Å²) in [6.45, 7) is 3.50. The maximum absolute atomic E-state index is 5.71. The molecule has 18 heavy (non-hydrogen) atoms. The highest BCUT2D eigenvalue weighted by Crippen LogP contribution is 2.16. The molecule has 1 aromatic carbocycles. The van der Waals surface area contributed by atoms with E-state index in [1.807, 2.05) is 24.6 Å². The van der Waals surface area contributed by atoms with Crippen molar-refractivity contribution in [1.29, 1.82) is 0 Å². The van der Waals surface area contributed by atoms with Crippen LogP contribution in [0.1, 0.15) is 23.2 Å². The molecule has 0 aliphatic carbocycles. The van der Waals surface area contributed by atoms with Crippen LogP contribution in [0.3, 0.4) is 0 Å². The summed E-state index contributed by atoms with van der Waals surface area (Å²) in [5, 5.41) is 6.23. The molecular weight excluding hydrogens is 244 g/mol. The van der Waals surface area contributed by atoms with Gasteiger partial charge in [0.15, 0.2) is 0 Å². The molecule has 0 fully saturated rings. The van der Waals surface area contributed by atoms with Crippen molar-refractivity contribution in [3.63, 3.8) is 0 Å². The summed E-state index contributed by atoms with van der Waals surface area (Å²) in [4.78, 5) is 4.48. The van der Waals surface area contributed by atoms with Crippen LogP contribution >= 0.6 is 11.3 Å². The van der Waals surface area contributed by atoms with E-state index in [0.717, 1.165) is 29.4 Å². The first-order valence-corrected chi connectivity index (χ1v) is 6.99. The Kier molecular flexibility index (Phi) is 4.73. The first-order chi connectivity index (χ1) is 8.81. The van der Waals surface area contributed by atoms with Gasteiger partial charge in [-0.1, -0.05) is 19.1 Å². The van der Waals surface area contributed by atoms with E-state index in [-0.39, 0.29) is 0 Å². The Morgan fingerprint density at radius 3 is 2.72 bits per heavy atom. The van der Waals surface area contributed by atoms with Gasteiger partial charge in [0.1, 0.15) is 17.4 Å². The van der Waals surface area contributed by atoms with Gasteiger partial charge in [-0.25, -0.2) is 4.98 Å². The van der Waals surface area contributed by atoms with Crippen molar-refractivity contribution in [3.05, 3.63) is 45.9 Å². The zero-order valence-corrected chi connectivity index (χ0v) is 11.6. The quantitative estimate of drug-likeness (QED) is 0.869. The molecule has 0 amide bonds. The first-order valence-electron chi connectivity index (χ1n) is 6.11. The van der Waals surface area contributed by atoms with Crippen molar-refractivity contribution < 1.29 is 4.74 Å². The van der Waals surface area contributed by atoms with Gasteiger partial charge in [0.25, 0.3) is 0 Å². The molecule has 4 heteroatoms. The summed E-state index contributed by atoms with van der Waals surface area (Å²) in [5.74, 6) is 0.898. The van der Waals surface area contributed by atoms with Gasteiger partial charge in [-0.15, -0.1) is 11.3 Å². The Balaban J connectivity index is 1.89. The number of hydrogen-bond donors (Lipinski definition) is 1. The molecule has 2 rings (SSSR count). The molecular formula is C14H18N2OS. The molecule has 2 aromatic rings. The van der Waals surface area contributed by atoms with Crippen molar-refractivity contribution in [1.82, 2.24) is 10.3 Å². The topological polar surface area (TPSA) is 34.1 Å². The van der Waals surface area contributed by atoms with Gasteiger partial charge in [-0.3, -0.25) is 0 Å². The second kappa shape index (κ2) is 6.52. The Labute approximate surface area is 112 Å². The van der Waals surface area contributed by atoms with Crippen molar-refractivity contribution in [2.24, 2.45) is 0 Å². The maximum Gasteiger partial charge on any atom is 0.131 e. The zero-order chi connectivity index (χ0) is 12.8. The van der Waals surface area contributed by atoms with Crippen LogP contribution in [0.5, 0.6) is 5.75 Å². The average molecular weight is 262 g/mol. The van der Waals surface area contributed by atoms with E-state index in [2.05, 4.69) is 29.4 Å². The lowest BCUT2D eigenvalue weighted by atomic mass is 10.2. The number of nitrogens with one attached hydrogen (secondary N) is 1. The highest BCUT2D eigenvalue weighted by Gasteiger charge is 2.02. The summed E-state index contributed by atoms with van der Waals surface area (Å²) in [6.07, 6.45) is 1.06. The maximum atomic E-state index is 5.71. The second-order valence-electron chi connectivity index (χ2n) is 4.05. The van der Waals surface area contributed by atoms with Crippen molar-refractivity contribution in [2.45, 2.75) is 26.5 Å². The van der Waals surface area contributed by atoms with Gasteiger partial charge >= 0.3 is 0 Å². The Bertz CT molecular complexity index is 479. The van der Waals surface area contributed by atoms with Gasteiger partial charge in [-0.05, 0) is 31.2 Å². The van der Waals surface area contributed by atoms with Crippen molar-refractivity contribution in [2.75, 3.05) is 7.05 Å². The van der Waals surface area contributed by atoms with E-state index in [4.69, 9.17) is 4.74 Å². The molecule has 0 saturated heterocycles. The number of ether oxygens (including phenoxy) is 1. The predicted molar refractivity (Wildman–Crippen MR) is 75.0 cm³/mol. The molecule has 1 N–H and O–H groups in total. The van der Waals surface area contributed by atoms with E-state index in [1.165, 1.54) is 5.56 Å². The molecule has 0 atom stereocenters. The van der Waals surface area contributed by atoms with Crippen LogP contribution in [0.15, 0.2) is 29.6 Å². The van der Waals surface area contributed by atoms with Gasteiger partial charge in [0.05, 0.1) is 5.69 Å².